The predicted molar refractivity (Wildman–Crippen MR) is 90.2 cm³/mol. The molecule has 0 saturated carbocycles. The van der Waals surface area contributed by atoms with E-state index in [1.165, 1.54) is 17.2 Å². The third kappa shape index (κ3) is 3.92. The van der Waals surface area contributed by atoms with Crippen LogP contribution in [0.5, 0.6) is 0 Å². The highest BCUT2D eigenvalue weighted by molar-refractivity contribution is 9.10. The Morgan fingerprint density at radius 1 is 1.10 bits per heavy atom. The fourth-order valence-electron chi connectivity index (χ4n) is 2.48. The SMILES string of the molecule is CCCNC(c1cc(C)ccc1C)c1ccc(Br)cc1F. The molecule has 0 fully saturated rings. The van der Waals surface area contributed by atoms with Crippen LogP contribution in [-0.4, -0.2) is 6.54 Å². The lowest BCUT2D eigenvalue weighted by molar-refractivity contribution is 0.545. The van der Waals surface area contributed by atoms with E-state index in [1.807, 2.05) is 12.1 Å². The molecule has 0 saturated heterocycles. The quantitative estimate of drug-likeness (QED) is 0.772. The second kappa shape index (κ2) is 7.19. The zero-order chi connectivity index (χ0) is 15.4. The van der Waals surface area contributed by atoms with E-state index in [4.69, 9.17) is 0 Å². The fourth-order valence-corrected chi connectivity index (χ4v) is 2.82. The topological polar surface area (TPSA) is 12.0 Å². The van der Waals surface area contributed by atoms with Gasteiger partial charge in [-0.3, -0.25) is 0 Å². The van der Waals surface area contributed by atoms with Crippen molar-refractivity contribution in [2.45, 2.75) is 33.2 Å². The first kappa shape index (κ1) is 16.2. The Labute approximate surface area is 134 Å². The van der Waals surface area contributed by atoms with E-state index in [0.717, 1.165) is 23.0 Å². The molecular formula is C18H21BrFN. The molecule has 0 bridgehead atoms. The van der Waals surface area contributed by atoms with E-state index in [1.54, 1.807) is 0 Å². The lowest BCUT2D eigenvalue weighted by atomic mass is 9.93. The second-order valence-electron chi connectivity index (χ2n) is 5.41. The van der Waals surface area contributed by atoms with E-state index in [-0.39, 0.29) is 11.9 Å². The average Bonchev–Trinajstić information content (AvgIpc) is 2.44. The lowest BCUT2D eigenvalue weighted by Crippen LogP contribution is -2.25. The number of aryl methyl sites for hydroxylation is 2. The molecule has 0 amide bonds. The van der Waals surface area contributed by atoms with Gasteiger partial charge in [-0.25, -0.2) is 4.39 Å². The van der Waals surface area contributed by atoms with Gasteiger partial charge < -0.3 is 5.32 Å². The molecule has 1 atom stereocenters. The van der Waals surface area contributed by atoms with Crippen LogP contribution in [0.25, 0.3) is 0 Å². The highest BCUT2D eigenvalue weighted by Gasteiger charge is 2.19. The van der Waals surface area contributed by atoms with Crippen LogP contribution in [0.3, 0.4) is 0 Å². The van der Waals surface area contributed by atoms with Crippen LogP contribution < -0.4 is 5.32 Å². The molecule has 2 rings (SSSR count). The zero-order valence-electron chi connectivity index (χ0n) is 12.7. The number of hydrogen-bond donors (Lipinski definition) is 1. The molecule has 1 nitrogen and oxygen atoms in total. The Balaban J connectivity index is 2.49. The molecule has 2 aromatic carbocycles. The van der Waals surface area contributed by atoms with Crippen LogP contribution in [0.15, 0.2) is 40.9 Å². The Bertz CT molecular complexity index is 625. The summed E-state index contributed by atoms with van der Waals surface area (Å²) in [5.41, 5.74) is 4.21. The summed E-state index contributed by atoms with van der Waals surface area (Å²) in [7, 11) is 0. The van der Waals surface area contributed by atoms with Gasteiger partial charge in [0.2, 0.25) is 0 Å². The third-order valence-electron chi connectivity index (χ3n) is 3.62. The molecule has 0 aliphatic rings. The van der Waals surface area contributed by atoms with E-state index in [0.29, 0.717) is 5.56 Å². The molecule has 3 heteroatoms. The fraction of sp³-hybridized carbons (Fsp3) is 0.333. The van der Waals surface area contributed by atoms with Crippen molar-refractivity contribution in [3.63, 3.8) is 0 Å². The van der Waals surface area contributed by atoms with E-state index in [9.17, 15) is 4.39 Å². The van der Waals surface area contributed by atoms with Crippen molar-refractivity contribution in [1.82, 2.24) is 5.32 Å². The summed E-state index contributed by atoms with van der Waals surface area (Å²) in [6, 6.07) is 11.5. The van der Waals surface area contributed by atoms with Gasteiger partial charge in [0.25, 0.3) is 0 Å². The van der Waals surface area contributed by atoms with Crippen LogP contribution >= 0.6 is 15.9 Å². The molecular weight excluding hydrogens is 329 g/mol. The molecule has 0 radical (unpaired) electrons. The molecule has 112 valence electrons. The van der Waals surface area contributed by atoms with Gasteiger partial charge >= 0.3 is 0 Å². The minimum atomic E-state index is -0.182. The van der Waals surface area contributed by atoms with Crippen LogP contribution in [0.1, 0.15) is 41.6 Å². The number of hydrogen-bond acceptors (Lipinski definition) is 1. The number of benzene rings is 2. The summed E-state index contributed by atoms with van der Waals surface area (Å²) in [5, 5.41) is 3.48. The normalized spacial score (nSPS) is 12.4. The standard InChI is InChI=1S/C18H21BrFN/c1-4-9-21-18(15-8-7-14(19)11-17(15)20)16-10-12(2)5-6-13(16)3/h5-8,10-11,18,21H,4,9H2,1-3H3. The molecule has 0 heterocycles. The Kier molecular flexibility index (Phi) is 5.54. The first-order valence-corrected chi connectivity index (χ1v) is 8.07. The largest absolute Gasteiger partial charge is 0.306 e. The van der Waals surface area contributed by atoms with E-state index >= 15 is 0 Å². The highest BCUT2D eigenvalue weighted by atomic mass is 79.9. The number of rotatable bonds is 5. The Morgan fingerprint density at radius 2 is 1.86 bits per heavy atom. The minimum Gasteiger partial charge on any atom is -0.306 e. The van der Waals surface area contributed by atoms with Gasteiger partial charge in [0.05, 0.1) is 6.04 Å². The molecule has 1 unspecified atom stereocenters. The molecule has 0 aromatic heterocycles. The van der Waals surface area contributed by atoms with Crippen molar-refractivity contribution in [3.05, 3.63) is 68.9 Å². The monoisotopic (exact) mass is 349 g/mol. The molecule has 2 aromatic rings. The van der Waals surface area contributed by atoms with Gasteiger partial charge in [-0.1, -0.05) is 52.7 Å². The van der Waals surface area contributed by atoms with Crippen LogP contribution in [0.2, 0.25) is 0 Å². The maximum absolute atomic E-state index is 14.4. The van der Waals surface area contributed by atoms with Gasteiger partial charge in [-0.2, -0.15) is 0 Å². The summed E-state index contributed by atoms with van der Waals surface area (Å²) in [5.74, 6) is -0.182. The first-order chi connectivity index (χ1) is 10.0. The Hall–Kier alpha value is -1.19. The van der Waals surface area contributed by atoms with Gasteiger partial charge in [0.1, 0.15) is 5.82 Å². The molecule has 0 aliphatic heterocycles. The summed E-state index contributed by atoms with van der Waals surface area (Å²) >= 11 is 3.32. The van der Waals surface area contributed by atoms with Crippen molar-refractivity contribution < 1.29 is 4.39 Å². The van der Waals surface area contributed by atoms with Gasteiger partial charge in [-0.15, -0.1) is 0 Å². The van der Waals surface area contributed by atoms with Gasteiger partial charge in [0.15, 0.2) is 0 Å². The first-order valence-electron chi connectivity index (χ1n) is 7.28. The van der Waals surface area contributed by atoms with Crippen LogP contribution in [0, 0.1) is 19.7 Å². The summed E-state index contributed by atoms with van der Waals surface area (Å²) in [6.07, 6.45) is 1.01. The van der Waals surface area contributed by atoms with E-state index < -0.39 is 0 Å². The maximum atomic E-state index is 14.4. The molecule has 21 heavy (non-hydrogen) atoms. The smallest absolute Gasteiger partial charge is 0.129 e. The zero-order valence-corrected chi connectivity index (χ0v) is 14.3. The van der Waals surface area contributed by atoms with Crippen molar-refractivity contribution in [2.24, 2.45) is 0 Å². The summed E-state index contributed by atoms with van der Waals surface area (Å²) < 4.78 is 15.1. The lowest BCUT2D eigenvalue weighted by Gasteiger charge is -2.22. The Morgan fingerprint density at radius 3 is 2.52 bits per heavy atom. The number of nitrogens with one attached hydrogen (secondary N) is 1. The maximum Gasteiger partial charge on any atom is 0.129 e. The predicted octanol–water partition coefficient (Wildman–Crippen LogP) is 5.29. The van der Waals surface area contributed by atoms with Crippen molar-refractivity contribution in [3.8, 4) is 0 Å². The van der Waals surface area contributed by atoms with Gasteiger partial charge in [-0.05, 0) is 50.1 Å². The van der Waals surface area contributed by atoms with E-state index in [2.05, 4.69) is 60.2 Å². The number of halogens is 2. The van der Waals surface area contributed by atoms with Crippen molar-refractivity contribution in [1.29, 1.82) is 0 Å². The van der Waals surface area contributed by atoms with Crippen LogP contribution in [0.4, 0.5) is 4.39 Å². The van der Waals surface area contributed by atoms with Crippen molar-refractivity contribution >= 4 is 15.9 Å². The molecule has 0 spiro atoms. The van der Waals surface area contributed by atoms with Crippen molar-refractivity contribution in [2.75, 3.05) is 6.54 Å². The van der Waals surface area contributed by atoms with Gasteiger partial charge in [0, 0.05) is 10.0 Å². The summed E-state index contributed by atoms with van der Waals surface area (Å²) in [6.45, 7) is 7.11. The molecule has 1 N–H and O–H groups in total. The third-order valence-corrected chi connectivity index (χ3v) is 4.11. The molecule has 0 aliphatic carbocycles. The highest BCUT2D eigenvalue weighted by Crippen LogP contribution is 2.29. The van der Waals surface area contributed by atoms with Crippen LogP contribution in [-0.2, 0) is 0 Å². The summed E-state index contributed by atoms with van der Waals surface area (Å²) in [4.78, 5) is 0. The average molecular weight is 350 g/mol. The minimum absolute atomic E-state index is 0.113. The second-order valence-corrected chi connectivity index (χ2v) is 6.33.